The van der Waals surface area contributed by atoms with E-state index in [4.69, 9.17) is 0 Å². The molecule has 11 heteroatoms. The Balaban J connectivity index is 0.000000299. The average molecular weight is 608 g/mol. The number of aromatic nitrogens is 1. The van der Waals surface area contributed by atoms with Crippen molar-refractivity contribution in [1.29, 1.82) is 0 Å². The number of carbonyl (C=O) groups excluding carboxylic acids is 2. The lowest BCUT2D eigenvalue weighted by molar-refractivity contribution is -0.114. The molecule has 1 aromatic heterocycles. The summed E-state index contributed by atoms with van der Waals surface area (Å²) in [6, 6.07) is 18.8. The highest BCUT2D eigenvalue weighted by molar-refractivity contribution is 7.99. The number of hydrogen-bond acceptors (Lipinski definition) is 8. The van der Waals surface area contributed by atoms with E-state index >= 15 is 0 Å². The van der Waals surface area contributed by atoms with Crippen molar-refractivity contribution in [2.75, 3.05) is 41.2 Å². The van der Waals surface area contributed by atoms with E-state index in [1.165, 1.54) is 23.0 Å². The number of thioether (sulfide) groups is 3. The van der Waals surface area contributed by atoms with Crippen molar-refractivity contribution in [3.63, 3.8) is 0 Å². The van der Waals surface area contributed by atoms with Crippen LogP contribution in [0.2, 0.25) is 0 Å². The van der Waals surface area contributed by atoms with E-state index in [1.807, 2.05) is 74.2 Å². The maximum Gasteiger partial charge on any atom is 0.234 e. The van der Waals surface area contributed by atoms with Crippen molar-refractivity contribution >= 4 is 68.4 Å². The molecule has 0 saturated heterocycles. The lowest BCUT2D eigenvalue weighted by Gasteiger charge is -2.21. The number of benzene rings is 2. The van der Waals surface area contributed by atoms with Crippen molar-refractivity contribution in [3.05, 3.63) is 72.4 Å². The summed E-state index contributed by atoms with van der Waals surface area (Å²) >= 11 is 4.67. The number of pyridine rings is 1. The SMILES string of the molecule is CCCS(=O)(=O)N(C)c1ccccc1SC.CSc1ccccc1NC(C)=O.CSc1ncccc1C(C)=O. The van der Waals surface area contributed by atoms with Crippen LogP contribution >= 0.6 is 35.3 Å². The van der Waals surface area contributed by atoms with E-state index in [0.717, 1.165) is 26.2 Å². The van der Waals surface area contributed by atoms with Crippen LogP contribution in [0.3, 0.4) is 0 Å². The third-order valence-corrected chi connectivity index (χ3v) is 9.31. The van der Waals surface area contributed by atoms with Gasteiger partial charge in [0.05, 0.1) is 17.1 Å². The summed E-state index contributed by atoms with van der Waals surface area (Å²) in [5.74, 6) is 0.227. The fraction of sp³-hybridized carbons (Fsp3) is 0.321. The van der Waals surface area contributed by atoms with Gasteiger partial charge in [0.25, 0.3) is 0 Å². The molecule has 0 spiro atoms. The molecule has 39 heavy (non-hydrogen) atoms. The van der Waals surface area contributed by atoms with Crippen LogP contribution in [0.1, 0.15) is 37.6 Å². The molecule has 1 heterocycles. The molecule has 0 saturated carbocycles. The summed E-state index contributed by atoms with van der Waals surface area (Å²) in [6.45, 7) is 4.93. The molecular weight excluding hydrogens is 571 g/mol. The average Bonchev–Trinajstić information content (AvgIpc) is 2.93. The number of Topliss-reactive ketones (excluding diaryl/α,β-unsaturated/α-hetero) is 1. The zero-order valence-corrected chi connectivity index (χ0v) is 26.7. The van der Waals surface area contributed by atoms with Gasteiger partial charge in [-0.3, -0.25) is 13.9 Å². The van der Waals surface area contributed by atoms with Gasteiger partial charge >= 0.3 is 0 Å². The smallest absolute Gasteiger partial charge is 0.234 e. The Morgan fingerprint density at radius 3 is 1.97 bits per heavy atom. The Hall–Kier alpha value is -2.47. The van der Waals surface area contributed by atoms with Crippen LogP contribution in [0.4, 0.5) is 11.4 Å². The van der Waals surface area contributed by atoms with Crippen LogP contribution in [0, 0.1) is 0 Å². The topological polar surface area (TPSA) is 96.4 Å². The number of sulfonamides is 1. The third-order valence-electron chi connectivity index (χ3n) is 5.07. The minimum Gasteiger partial charge on any atom is -0.325 e. The molecule has 1 amide bonds. The number of ketones is 1. The zero-order valence-electron chi connectivity index (χ0n) is 23.4. The fourth-order valence-corrected chi connectivity index (χ4v) is 6.28. The van der Waals surface area contributed by atoms with Crippen LogP contribution in [-0.2, 0) is 14.8 Å². The first kappa shape index (κ1) is 34.6. The summed E-state index contributed by atoms with van der Waals surface area (Å²) in [5, 5.41) is 3.57. The third kappa shape index (κ3) is 11.7. The second-order valence-corrected chi connectivity index (χ2v) is 12.6. The predicted octanol–water partition coefficient (Wildman–Crippen LogP) is 6.96. The number of nitrogens with one attached hydrogen (secondary N) is 1. The van der Waals surface area contributed by atoms with E-state index < -0.39 is 10.0 Å². The Labute approximate surface area is 246 Å². The molecule has 1 N–H and O–H groups in total. The molecule has 0 atom stereocenters. The van der Waals surface area contributed by atoms with Crippen molar-refractivity contribution in [1.82, 2.24) is 4.98 Å². The van der Waals surface area contributed by atoms with Gasteiger partial charge in [-0.1, -0.05) is 31.2 Å². The number of carbonyl (C=O) groups is 2. The number of anilines is 2. The summed E-state index contributed by atoms with van der Waals surface area (Å²) < 4.78 is 25.2. The molecule has 7 nitrogen and oxygen atoms in total. The number of hydrogen-bond donors (Lipinski definition) is 1. The summed E-state index contributed by atoms with van der Waals surface area (Å²) in [7, 11) is -1.56. The number of para-hydroxylation sites is 2. The van der Waals surface area contributed by atoms with Crippen molar-refractivity contribution in [2.24, 2.45) is 0 Å². The van der Waals surface area contributed by atoms with Gasteiger partial charge in [-0.05, 0) is 68.5 Å². The number of nitrogens with zero attached hydrogens (tertiary/aromatic N) is 2. The van der Waals surface area contributed by atoms with Crippen LogP contribution in [0.15, 0.2) is 81.7 Å². The van der Waals surface area contributed by atoms with Gasteiger partial charge in [-0.25, -0.2) is 13.4 Å². The van der Waals surface area contributed by atoms with Crippen LogP contribution in [0.5, 0.6) is 0 Å². The first-order chi connectivity index (χ1) is 18.5. The van der Waals surface area contributed by atoms with Gasteiger partial charge in [0.15, 0.2) is 5.78 Å². The maximum atomic E-state index is 11.9. The largest absolute Gasteiger partial charge is 0.325 e. The highest BCUT2D eigenvalue weighted by Gasteiger charge is 2.19. The molecule has 0 aliphatic rings. The molecule has 212 valence electrons. The summed E-state index contributed by atoms with van der Waals surface area (Å²) in [5.41, 5.74) is 2.35. The fourth-order valence-electron chi connectivity index (χ4n) is 3.19. The molecule has 0 fully saturated rings. The van der Waals surface area contributed by atoms with Crippen molar-refractivity contribution in [3.8, 4) is 0 Å². The first-order valence-corrected chi connectivity index (χ1v) is 17.3. The molecule has 0 aliphatic heterocycles. The van der Waals surface area contributed by atoms with E-state index in [1.54, 1.807) is 55.8 Å². The number of amides is 1. The van der Waals surface area contributed by atoms with Gasteiger partial charge in [-0.2, -0.15) is 0 Å². The Morgan fingerprint density at radius 1 is 0.872 bits per heavy atom. The Bertz CT molecular complexity index is 1320. The van der Waals surface area contributed by atoms with Crippen LogP contribution in [-0.4, -0.2) is 56.7 Å². The minimum absolute atomic E-state index is 0.0310. The first-order valence-electron chi connectivity index (χ1n) is 12.0. The van der Waals surface area contributed by atoms with Gasteiger partial charge in [-0.15, -0.1) is 35.3 Å². The van der Waals surface area contributed by atoms with Gasteiger partial charge in [0.1, 0.15) is 5.03 Å². The molecule has 2 aromatic carbocycles. The van der Waals surface area contributed by atoms with E-state index in [2.05, 4.69) is 10.3 Å². The molecule has 0 unspecified atom stereocenters. The highest BCUT2D eigenvalue weighted by atomic mass is 32.2. The minimum atomic E-state index is -3.18. The molecule has 3 aromatic rings. The Kier molecular flexibility index (Phi) is 15.9. The highest BCUT2D eigenvalue weighted by Crippen LogP contribution is 2.29. The van der Waals surface area contributed by atoms with Crippen LogP contribution < -0.4 is 9.62 Å². The standard InChI is InChI=1S/C11H17NO2S2.C9H11NOS.C8H9NOS/c1-4-9-16(13,14)12(2)10-7-5-6-8-11(10)15-3;1-7(11)10-8-5-3-4-6-9(8)12-2;1-6(10)7-4-3-5-9-8(7)11-2/h5-8H,4,9H2,1-3H3;3-6H,1-2H3,(H,10,11);3-5H,1-2H3. The molecule has 0 radical (unpaired) electrons. The summed E-state index contributed by atoms with van der Waals surface area (Å²) in [4.78, 5) is 27.9. The molecule has 3 rings (SSSR count). The monoisotopic (exact) mass is 607 g/mol. The van der Waals surface area contributed by atoms with Crippen LogP contribution in [0.25, 0.3) is 0 Å². The van der Waals surface area contributed by atoms with E-state index in [-0.39, 0.29) is 17.4 Å². The molecule has 0 bridgehead atoms. The molecule has 0 aliphatic carbocycles. The van der Waals surface area contributed by atoms with Crippen molar-refractivity contribution in [2.45, 2.75) is 42.0 Å². The lowest BCUT2D eigenvalue weighted by Crippen LogP contribution is -2.29. The Morgan fingerprint density at radius 2 is 1.46 bits per heavy atom. The normalized spacial score (nSPS) is 10.3. The second-order valence-electron chi connectivity index (χ2n) is 7.95. The second kappa shape index (κ2) is 18.0. The van der Waals surface area contributed by atoms with E-state index in [9.17, 15) is 18.0 Å². The summed E-state index contributed by atoms with van der Waals surface area (Å²) in [6.07, 6.45) is 8.17. The zero-order chi connectivity index (χ0) is 29.4. The maximum absolute atomic E-state index is 11.9. The van der Waals surface area contributed by atoms with E-state index in [0.29, 0.717) is 12.0 Å². The molecular formula is C28H37N3O4S4. The van der Waals surface area contributed by atoms with Gasteiger partial charge < -0.3 is 5.32 Å². The van der Waals surface area contributed by atoms with Gasteiger partial charge in [0, 0.05) is 35.5 Å². The lowest BCUT2D eigenvalue weighted by atomic mass is 10.2. The quantitative estimate of drug-likeness (QED) is 0.206. The predicted molar refractivity (Wildman–Crippen MR) is 169 cm³/mol. The number of rotatable bonds is 9. The van der Waals surface area contributed by atoms with Crippen molar-refractivity contribution < 1.29 is 18.0 Å². The van der Waals surface area contributed by atoms with Gasteiger partial charge in [0.2, 0.25) is 15.9 Å².